The summed E-state index contributed by atoms with van der Waals surface area (Å²) in [5.74, 6) is -1.04. The lowest BCUT2D eigenvalue weighted by atomic mass is 10.1. The minimum atomic E-state index is -4.77. The molecular weight excluding hydrogens is 266 g/mol. The van der Waals surface area contributed by atoms with E-state index in [0.29, 0.717) is 6.07 Å². The van der Waals surface area contributed by atoms with Gasteiger partial charge in [-0.25, -0.2) is 9.18 Å². The van der Waals surface area contributed by atoms with Gasteiger partial charge in [0.15, 0.2) is 0 Å². The van der Waals surface area contributed by atoms with Crippen LogP contribution >= 0.6 is 0 Å². The molecule has 1 rings (SSSR count). The second-order valence-electron chi connectivity index (χ2n) is 4.81. The number of ether oxygens (including phenoxy) is 1. The lowest BCUT2D eigenvalue weighted by Gasteiger charge is -2.20. The van der Waals surface area contributed by atoms with Gasteiger partial charge in [0, 0.05) is 0 Å². The topological polar surface area (TPSA) is 38.3 Å². The van der Waals surface area contributed by atoms with Gasteiger partial charge in [0.2, 0.25) is 0 Å². The van der Waals surface area contributed by atoms with Crippen LogP contribution in [0.2, 0.25) is 0 Å². The number of carbonyl (C=O) groups excluding carboxylic acids is 1. The molecule has 19 heavy (non-hydrogen) atoms. The van der Waals surface area contributed by atoms with Crippen LogP contribution in [0.15, 0.2) is 18.2 Å². The van der Waals surface area contributed by atoms with Gasteiger partial charge in [-0.3, -0.25) is 5.32 Å². The van der Waals surface area contributed by atoms with Gasteiger partial charge in [0.1, 0.15) is 11.4 Å². The van der Waals surface area contributed by atoms with E-state index in [1.54, 1.807) is 20.8 Å². The normalized spacial score (nSPS) is 12.2. The first-order valence-corrected chi connectivity index (χ1v) is 5.36. The van der Waals surface area contributed by atoms with Crippen molar-refractivity contribution >= 4 is 11.8 Å². The van der Waals surface area contributed by atoms with Gasteiger partial charge in [-0.05, 0) is 39.0 Å². The largest absolute Gasteiger partial charge is 0.444 e. The lowest BCUT2D eigenvalue weighted by Crippen LogP contribution is -2.28. The molecule has 0 bridgehead atoms. The number of hydrogen-bond acceptors (Lipinski definition) is 2. The monoisotopic (exact) mass is 279 g/mol. The van der Waals surface area contributed by atoms with Crippen LogP contribution in [0.3, 0.4) is 0 Å². The molecule has 1 amide bonds. The zero-order valence-corrected chi connectivity index (χ0v) is 10.6. The van der Waals surface area contributed by atoms with E-state index in [2.05, 4.69) is 0 Å². The predicted molar refractivity (Wildman–Crippen MR) is 61.3 cm³/mol. The summed E-state index contributed by atoms with van der Waals surface area (Å²) < 4.78 is 55.6. The predicted octanol–water partition coefficient (Wildman–Crippen LogP) is 4.19. The molecule has 0 spiro atoms. The Kier molecular flexibility index (Phi) is 4.07. The van der Waals surface area contributed by atoms with Crippen LogP contribution in [-0.4, -0.2) is 11.7 Å². The molecule has 0 aromatic heterocycles. The molecule has 0 unspecified atom stereocenters. The molecule has 1 aromatic rings. The van der Waals surface area contributed by atoms with Crippen LogP contribution in [0.25, 0.3) is 0 Å². The second-order valence-corrected chi connectivity index (χ2v) is 4.81. The van der Waals surface area contributed by atoms with E-state index >= 15 is 0 Å². The van der Waals surface area contributed by atoms with Crippen molar-refractivity contribution in [2.45, 2.75) is 32.5 Å². The van der Waals surface area contributed by atoms with E-state index in [0.717, 1.165) is 12.1 Å². The van der Waals surface area contributed by atoms with E-state index in [-0.39, 0.29) is 0 Å². The third-order valence-electron chi connectivity index (χ3n) is 1.92. The number of benzene rings is 1. The number of amides is 1. The average Bonchev–Trinajstić information content (AvgIpc) is 2.16. The van der Waals surface area contributed by atoms with Crippen LogP contribution in [0.4, 0.5) is 28.0 Å². The SMILES string of the molecule is CC(C)(C)OC(=O)Nc1ccc(F)cc1C(F)(F)F. The van der Waals surface area contributed by atoms with Crippen molar-refractivity contribution in [2.24, 2.45) is 0 Å². The molecule has 0 atom stereocenters. The van der Waals surface area contributed by atoms with Gasteiger partial charge in [-0.2, -0.15) is 13.2 Å². The molecule has 0 aliphatic heterocycles. The summed E-state index contributed by atoms with van der Waals surface area (Å²) in [6.45, 7) is 4.71. The Morgan fingerprint density at radius 1 is 1.21 bits per heavy atom. The van der Waals surface area contributed by atoms with E-state index in [4.69, 9.17) is 4.74 Å². The van der Waals surface area contributed by atoms with Crippen LogP contribution in [0, 0.1) is 5.82 Å². The fourth-order valence-electron chi connectivity index (χ4n) is 1.27. The number of alkyl halides is 3. The maximum atomic E-state index is 12.8. The number of halogens is 4. The van der Waals surface area contributed by atoms with Crippen LogP contribution in [0.1, 0.15) is 26.3 Å². The van der Waals surface area contributed by atoms with Crippen LogP contribution in [0.5, 0.6) is 0 Å². The molecule has 1 aromatic carbocycles. The van der Waals surface area contributed by atoms with Crippen molar-refractivity contribution in [1.82, 2.24) is 0 Å². The number of anilines is 1. The summed E-state index contributed by atoms with van der Waals surface area (Å²) in [5, 5.41) is 1.95. The van der Waals surface area contributed by atoms with Crippen molar-refractivity contribution in [2.75, 3.05) is 5.32 Å². The van der Waals surface area contributed by atoms with E-state index in [1.807, 2.05) is 5.32 Å². The van der Waals surface area contributed by atoms with Crippen LogP contribution in [-0.2, 0) is 10.9 Å². The highest BCUT2D eigenvalue weighted by molar-refractivity contribution is 5.86. The van der Waals surface area contributed by atoms with Gasteiger partial charge in [-0.15, -0.1) is 0 Å². The third-order valence-corrected chi connectivity index (χ3v) is 1.92. The Morgan fingerprint density at radius 3 is 2.26 bits per heavy atom. The molecule has 1 N–H and O–H groups in total. The van der Waals surface area contributed by atoms with E-state index in [9.17, 15) is 22.4 Å². The highest BCUT2D eigenvalue weighted by atomic mass is 19.4. The molecule has 0 saturated carbocycles. The molecule has 0 heterocycles. The second kappa shape index (κ2) is 5.07. The Morgan fingerprint density at radius 2 is 1.79 bits per heavy atom. The minimum Gasteiger partial charge on any atom is -0.444 e. The third kappa shape index (κ3) is 4.76. The van der Waals surface area contributed by atoms with Crippen LogP contribution < -0.4 is 5.32 Å². The summed E-state index contributed by atoms with van der Waals surface area (Å²) >= 11 is 0. The van der Waals surface area contributed by atoms with Crippen molar-refractivity contribution in [1.29, 1.82) is 0 Å². The summed E-state index contributed by atoms with van der Waals surface area (Å²) in [6, 6.07) is 1.97. The standard InChI is InChI=1S/C12H13F4NO2/c1-11(2,3)19-10(18)17-9-5-4-7(13)6-8(9)12(14,15)16/h4-6H,1-3H3,(H,17,18). The average molecular weight is 279 g/mol. The first kappa shape index (κ1) is 15.3. The van der Waals surface area contributed by atoms with Gasteiger partial charge < -0.3 is 4.74 Å². The Bertz CT molecular complexity index is 478. The number of hydrogen-bond donors (Lipinski definition) is 1. The zero-order chi connectivity index (χ0) is 14.8. The van der Waals surface area contributed by atoms with E-state index < -0.39 is 34.9 Å². The Labute approximate surface area is 107 Å². The highest BCUT2D eigenvalue weighted by Gasteiger charge is 2.34. The molecule has 0 fully saturated rings. The van der Waals surface area contributed by atoms with Gasteiger partial charge in [0.05, 0.1) is 11.3 Å². The van der Waals surface area contributed by atoms with E-state index in [1.165, 1.54) is 0 Å². The first-order valence-electron chi connectivity index (χ1n) is 5.36. The number of carbonyl (C=O) groups is 1. The van der Waals surface area contributed by atoms with Crippen molar-refractivity contribution in [3.8, 4) is 0 Å². The Hall–Kier alpha value is -1.79. The molecule has 0 radical (unpaired) electrons. The first-order chi connectivity index (χ1) is 8.49. The zero-order valence-electron chi connectivity index (χ0n) is 10.6. The van der Waals surface area contributed by atoms with Crippen molar-refractivity contribution in [3.05, 3.63) is 29.6 Å². The van der Waals surface area contributed by atoms with Crippen molar-refractivity contribution < 1.29 is 27.1 Å². The Balaban J connectivity index is 2.99. The smallest absolute Gasteiger partial charge is 0.418 e. The maximum absolute atomic E-state index is 12.8. The number of rotatable bonds is 1. The maximum Gasteiger partial charge on any atom is 0.418 e. The molecule has 3 nitrogen and oxygen atoms in total. The van der Waals surface area contributed by atoms with Crippen molar-refractivity contribution in [3.63, 3.8) is 0 Å². The molecular formula is C12H13F4NO2. The van der Waals surface area contributed by atoms with Gasteiger partial charge in [0.25, 0.3) is 0 Å². The summed E-state index contributed by atoms with van der Waals surface area (Å²) in [7, 11) is 0. The minimum absolute atomic E-state index is 0.312. The highest BCUT2D eigenvalue weighted by Crippen LogP contribution is 2.35. The quantitative estimate of drug-likeness (QED) is 0.783. The lowest BCUT2D eigenvalue weighted by molar-refractivity contribution is -0.137. The molecule has 0 aliphatic rings. The van der Waals surface area contributed by atoms with Gasteiger partial charge in [-0.1, -0.05) is 0 Å². The fourth-order valence-corrected chi connectivity index (χ4v) is 1.27. The summed E-state index contributed by atoms with van der Waals surface area (Å²) in [6.07, 6.45) is -5.81. The molecule has 7 heteroatoms. The molecule has 0 aliphatic carbocycles. The fraction of sp³-hybridized carbons (Fsp3) is 0.417. The van der Waals surface area contributed by atoms with Gasteiger partial charge >= 0.3 is 12.3 Å². The number of nitrogens with one attached hydrogen (secondary N) is 1. The summed E-state index contributed by atoms with van der Waals surface area (Å²) in [4.78, 5) is 11.4. The molecule has 0 saturated heterocycles. The summed E-state index contributed by atoms with van der Waals surface area (Å²) in [5.41, 5.74) is -2.66. The molecule has 106 valence electrons.